The van der Waals surface area contributed by atoms with Gasteiger partial charge >= 0.3 is 0 Å². The molecule has 0 saturated carbocycles. The summed E-state index contributed by atoms with van der Waals surface area (Å²) in [5.74, 6) is -2.17. The average molecular weight is 551 g/mol. The first-order valence-corrected chi connectivity index (χ1v) is 12.9. The number of hydrogen-bond donors (Lipinski definition) is 2. The first kappa shape index (κ1) is 25.7. The number of fused-ring (bicyclic) bond motifs is 1. The average Bonchev–Trinajstić information content (AvgIpc) is 2.92. The van der Waals surface area contributed by atoms with E-state index in [4.69, 9.17) is 10.5 Å². The second kappa shape index (κ2) is 10.1. The van der Waals surface area contributed by atoms with Crippen LogP contribution in [0.5, 0.6) is 5.88 Å². The van der Waals surface area contributed by atoms with Crippen molar-refractivity contribution in [3.05, 3.63) is 101 Å². The molecule has 0 fully saturated rings. The Kier molecular flexibility index (Phi) is 6.66. The van der Waals surface area contributed by atoms with Crippen molar-refractivity contribution in [3.63, 3.8) is 0 Å². The van der Waals surface area contributed by atoms with Crippen LogP contribution in [-0.2, 0) is 16.6 Å². The van der Waals surface area contributed by atoms with Gasteiger partial charge in [0.25, 0.3) is 15.6 Å². The molecule has 0 aliphatic carbocycles. The number of halogens is 2. The van der Waals surface area contributed by atoms with Gasteiger partial charge in [0.05, 0.1) is 30.2 Å². The van der Waals surface area contributed by atoms with E-state index in [2.05, 4.69) is 19.7 Å². The van der Waals surface area contributed by atoms with Crippen molar-refractivity contribution in [2.45, 2.75) is 11.4 Å². The number of benzene rings is 2. The van der Waals surface area contributed by atoms with Crippen LogP contribution < -0.4 is 20.8 Å². The Bertz CT molecular complexity index is 1880. The fourth-order valence-electron chi connectivity index (χ4n) is 3.95. The summed E-state index contributed by atoms with van der Waals surface area (Å²) in [4.78, 5) is 25.4. The molecule has 2 aromatic carbocycles. The molecule has 5 aromatic rings. The second-order valence-corrected chi connectivity index (χ2v) is 10.1. The van der Waals surface area contributed by atoms with Gasteiger partial charge in [-0.25, -0.2) is 27.2 Å². The highest BCUT2D eigenvalue weighted by Gasteiger charge is 2.24. The lowest BCUT2D eigenvalue weighted by Gasteiger charge is -2.14. The van der Waals surface area contributed by atoms with Gasteiger partial charge in [0.15, 0.2) is 0 Å². The highest BCUT2D eigenvalue weighted by atomic mass is 32.2. The smallest absolute Gasteiger partial charge is 0.267 e. The van der Waals surface area contributed by atoms with Crippen LogP contribution in [-0.4, -0.2) is 35.0 Å². The predicted octanol–water partition coefficient (Wildman–Crippen LogP) is 3.57. The van der Waals surface area contributed by atoms with Crippen LogP contribution in [0, 0.1) is 11.6 Å². The third-order valence-corrected chi connectivity index (χ3v) is 7.22. The SMILES string of the molecule is COc1ncc(-c2ccc3nc(N)n(Cc4cccnc4)c(=O)c3c2)cc1S(=O)(=O)Nc1ccc(F)cc1F. The van der Waals surface area contributed by atoms with E-state index >= 15 is 0 Å². The zero-order valence-electron chi connectivity index (χ0n) is 20.3. The normalized spacial score (nSPS) is 11.5. The first-order chi connectivity index (χ1) is 18.7. The van der Waals surface area contributed by atoms with Crippen molar-refractivity contribution in [1.82, 2.24) is 19.5 Å². The Morgan fingerprint density at radius 1 is 1.05 bits per heavy atom. The van der Waals surface area contributed by atoms with E-state index < -0.39 is 37.8 Å². The molecule has 13 heteroatoms. The van der Waals surface area contributed by atoms with Crippen LogP contribution >= 0.6 is 0 Å². The molecule has 0 saturated heterocycles. The van der Waals surface area contributed by atoms with Gasteiger partial charge in [0.1, 0.15) is 16.5 Å². The summed E-state index contributed by atoms with van der Waals surface area (Å²) in [6.45, 7) is 0.157. The molecule has 3 N–H and O–H groups in total. The molecule has 5 rings (SSSR count). The molecule has 0 aliphatic rings. The van der Waals surface area contributed by atoms with Gasteiger partial charge in [0, 0.05) is 30.2 Å². The van der Waals surface area contributed by atoms with Crippen LogP contribution in [0.4, 0.5) is 20.4 Å². The van der Waals surface area contributed by atoms with Crippen molar-refractivity contribution in [3.8, 4) is 17.0 Å². The summed E-state index contributed by atoms with van der Waals surface area (Å²) in [7, 11) is -3.19. The quantitative estimate of drug-likeness (QED) is 0.313. The fourth-order valence-corrected chi connectivity index (χ4v) is 5.17. The molecule has 0 bridgehead atoms. The zero-order valence-corrected chi connectivity index (χ0v) is 21.1. The van der Waals surface area contributed by atoms with Crippen LogP contribution in [0.25, 0.3) is 22.0 Å². The maximum Gasteiger partial charge on any atom is 0.267 e. The fraction of sp³-hybridized carbons (Fsp3) is 0.0769. The van der Waals surface area contributed by atoms with Gasteiger partial charge in [0.2, 0.25) is 11.8 Å². The number of nitrogens with zero attached hydrogens (tertiary/aromatic N) is 4. The number of nitrogen functional groups attached to an aromatic ring is 1. The summed E-state index contributed by atoms with van der Waals surface area (Å²) in [6, 6.07) is 12.0. The summed E-state index contributed by atoms with van der Waals surface area (Å²) in [5, 5.41) is 0.248. The first-order valence-electron chi connectivity index (χ1n) is 11.4. The molecular formula is C26H20F2N6O4S. The minimum absolute atomic E-state index is 0.0303. The Balaban J connectivity index is 1.57. The zero-order chi connectivity index (χ0) is 27.7. The molecule has 0 spiro atoms. The number of ether oxygens (including phenoxy) is 1. The Hall–Kier alpha value is -4.91. The number of nitrogens with two attached hydrogens (primary N) is 1. The van der Waals surface area contributed by atoms with Crippen molar-refractivity contribution >= 4 is 32.6 Å². The lowest BCUT2D eigenvalue weighted by atomic mass is 10.1. The predicted molar refractivity (Wildman–Crippen MR) is 141 cm³/mol. The van der Waals surface area contributed by atoms with Crippen molar-refractivity contribution in [2.24, 2.45) is 0 Å². The van der Waals surface area contributed by atoms with E-state index in [1.165, 1.54) is 23.9 Å². The number of hydrogen-bond acceptors (Lipinski definition) is 8. The summed E-state index contributed by atoms with van der Waals surface area (Å²) < 4.78 is 62.2. The Labute approximate surface area is 220 Å². The van der Waals surface area contributed by atoms with Gasteiger partial charge in [-0.1, -0.05) is 12.1 Å². The maximum absolute atomic E-state index is 14.1. The van der Waals surface area contributed by atoms with E-state index in [0.29, 0.717) is 22.7 Å². The maximum atomic E-state index is 14.1. The van der Waals surface area contributed by atoms with Gasteiger partial charge in [-0.15, -0.1) is 0 Å². The molecule has 198 valence electrons. The second-order valence-electron chi connectivity index (χ2n) is 8.42. The number of anilines is 2. The third-order valence-electron chi connectivity index (χ3n) is 5.86. The van der Waals surface area contributed by atoms with E-state index in [1.807, 2.05) is 0 Å². The van der Waals surface area contributed by atoms with Crippen LogP contribution in [0.2, 0.25) is 0 Å². The van der Waals surface area contributed by atoms with Gasteiger partial charge < -0.3 is 10.5 Å². The van der Waals surface area contributed by atoms with Crippen molar-refractivity contribution < 1.29 is 21.9 Å². The molecule has 0 radical (unpaired) electrons. The summed E-state index contributed by atoms with van der Waals surface area (Å²) in [5.41, 5.74) is 7.09. The van der Waals surface area contributed by atoms with Gasteiger partial charge in [-0.3, -0.25) is 19.1 Å². The standard InChI is InChI=1S/C26H20F2N6O4S/c1-38-24-23(39(36,37)33-22-7-5-18(27)11-20(22)28)10-17(13-31-24)16-4-6-21-19(9-16)25(35)34(26(29)32-21)14-15-3-2-8-30-12-15/h2-13,33H,14H2,1H3,(H2,29,32). The molecule has 10 nitrogen and oxygen atoms in total. The number of methoxy groups -OCH3 is 1. The van der Waals surface area contributed by atoms with Crippen molar-refractivity contribution in [2.75, 3.05) is 17.6 Å². The Morgan fingerprint density at radius 3 is 2.59 bits per heavy atom. The number of nitrogens with one attached hydrogen (secondary N) is 1. The van der Waals surface area contributed by atoms with Crippen LogP contribution in [0.3, 0.4) is 0 Å². The Morgan fingerprint density at radius 2 is 1.87 bits per heavy atom. The molecule has 3 heterocycles. The van der Waals surface area contributed by atoms with E-state index in [0.717, 1.165) is 17.7 Å². The third kappa shape index (κ3) is 5.11. The number of sulfonamides is 1. The minimum Gasteiger partial charge on any atom is -0.480 e. The number of rotatable bonds is 7. The molecule has 3 aromatic heterocycles. The lowest BCUT2D eigenvalue weighted by molar-refractivity contribution is 0.385. The highest BCUT2D eigenvalue weighted by Crippen LogP contribution is 2.31. The van der Waals surface area contributed by atoms with Gasteiger partial charge in [-0.2, -0.15) is 0 Å². The van der Waals surface area contributed by atoms with Crippen molar-refractivity contribution in [1.29, 1.82) is 0 Å². The molecule has 39 heavy (non-hydrogen) atoms. The van der Waals surface area contributed by atoms with E-state index in [1.54, 1.807) is 42.7 Å². The number of pyridine rings is 2. The molecule has 0 unspecified atom stereocenters. The molecule has 0 atom stereocenters. The minimum atomic E-state index is -4.42. The molecule has 0 amide bonds. The van der Waals surface area contributed by atoms with E-state index in [-0.39, 0.29) is 23.8 Å². The van der Waals surface area contributed by atoms with Crippen LogP contribution in [0.15, 0.2) is 82.9 Å². The molecule has 0 aliphatic heterocycles. The monoisotopic (exact) mass is 550 g/mol. The van der Waals surface area contributed by atoms with E-state index in [9.17, 15) is 22.0 Å². The highest BCUT2D eigenvalue weighted by molar-refractivity contribution is 7.92. The number of aromatic nitrogens is 4. The topological polar surface area (TPSA) is 142 Å². The largest absolute Gasteiger partial charge is 0.480 e. The summed E-state index contributed by atoms with van der Waals surface area (Å²) >= 11 is 0. The lowest BCUT2D eigenvalue weighted by Crippen LogP contribution is -2.25. The molecular weight excluding hydrogens is 530 g/mol. The van der Waals surface area contributed by atoms with Crippen LogP contribution in [0.1, 0.15) is 5.56 Å². The summed E-state index contributed by atoms with van der Waals surface area (Å²) in [6.07, 6.45) is 4.60. The van der Waals surface area contributed by atoms with Gasteiger partial charge in [-0.05, 0) is 47.5 Å².